The van der Waals surface area contributed by atoms with Crippen molar-refractivity contribution in [1.29, 1.82) is 0 Å². The molecule has 1 aromatic carbocycles. The van der Waals surface area contributed by atoms with Gasteiger partial charge in [0, 0.05) is 0 Å². The highest BCUT2D eigenvalue weighted by Crippen LogP contribution is 2.30. The van der Waals surface area contributed by atoms with Crippen LogP contribution in [0, 0.1) is 6.92 Å². The molecule has 3 heteroatoms. The first-order valence-corrected chi connectivity index (χ1v) is 5.89. The smallest absolute Gasteiger partial charge is 0.246 e. The number of benzene rings is 1. The van der Waals surface area contributed by atoms with Crippen LogP contribution in [0.15, 0.2) is 18.2 Å². The lowest BCUT2D eigenvalue weighted by atomic mass is 10.0. The minimum Gasteiger partial charge on any atom is -0.372 e. The Bertz CT molecular complexity index is 401. The van der Waals surface area contributed by atoms with Crippen molar-refractivity contribution in [2.75, 3.05) is 10.6 Å². The molecule has 1 unspecified atom stereocenters. The van der Waals surface area contributed by atoms with Gasteiger partial charge in [0.15, 0.2) is 0 Å². The van der Waals surface area contributed by atoms with Gasteiger partial charge in [-0.25, -0.2) is 0 Å². The zero-order valence-corrected chi connectivity index (χ0v) is 9.84. The Morgan fingerprint density at radius 1 is 1.38 bits per heavy atom. The van der Waals surface area contributed by atoms with Gasteiger partial charge in [-0.2, -0.15) is 0 Å². The van der Waals surface area contributed by atoms with Crippen LogP contribution >= 0.6 is 0 Å². The van der Waals surface area contributed by atoms with Crippen molar-refractivity contribution < 1.29 is 4.79 Å². The summed E-state index contributed by atoms with van der Waals surface area (Å²) in [5.41, 5.74) is 3.08. The van der Waals surface area contributed by atoms with Crippen LogP contribution in [0.2, 0.25) is 0 Å². The molecule has 0 spiro atoms. The molecule has 0 bridgehead atoms. The van der Waals surface area contributed by atoms with E-state index in [1.54, 1.807) is 0 Å². The minimum absolute atomic E-state index is 0.0748. The van der Waals surface area contributed by atoms with Crippen molar-refractivity contribution in [2.24, 2.45) is 0 Å². The predicted molar refractivity (Wildman–Crippen MR) is 66.7 cm³/mol. The molecule has 2 rings (SSSR count). The highest BCUT2D eigenvalue weighted by Gasteiger charge is 2.25. The molecule has 16 heavy (non-hydrogen) atoms. The average Bonchev–Trinajstić information content (AvgIpc) is 2.28. The number of carbonyl (C=O) groups is 1. The highest BCUT2D eigenvalue weighted by atomic mass is 16.2. The lowest BCUT2D eigenvalue weighted by Gasteiger charge is -2.27. The fourth-order valence-electron chi connectivity index (χ4n) is 2.03. The van der Waals surface area contributed by atoms with Crippen molar-refractivity contribution in [1.82, 2.24) is 0 Å². The number of carbonyl (C=O) groups excluding carboxylic acids is 1. The fourth-order valence-corrected chi connectivity index (χ4v) is 2.03. The summed E-state index contributed by atoms with van der Waals surface area (Å²) in [6.07, 6.45) is 3.09. The maximum atomic E-state index is 11.8. The van der Waals surface area contributed by atoms with Crippen molar-refractivity contribution in [2.45, 2.75) is 39.2 Å². The molecule has 1 heterocycles. The zero-order chi connectivity index (χ0) is 11.5. The molecule has 1 aliphatic heterocycles. The van der Waals surface area contributed by atoms with Crippen LogP contribution < -0.4 is 10.6 Å². The van der Waals surface area contributed by atoms with E-state index in [-0.39, 0.29) is 11.9 Å². The van der Waals surface area contributed by atoms with Gasteiger partial charge in [-0.3, -0.25) is 4.79 Å². The molecule has 3 nitrogen and oxygen atoms in total. The third kappa shape index (κ3) is 2.03. The van der Waals surface area contributed by atoms with E-state index in [2.05, 4.69) is 17.6 Å². The molecule has 0 saturated carbocycles. The standard InChI is InChI=1S/C13H18N2O/c1-3-4-7-11-13(16)15-12-9(2)6-5-8-10(12)14-11/h5-6,8,11,14H,3-4,7H2,1-2H3,(H,15,16). The van der Waals surface area contributed by atoms with Crippen LogP contribution in [0.3, 0.4) is 0 Å². The van der Waals surface area contributed by atoms with Crippen LogP contribution in [-0.2, 0) is 4.79 Å². The molecule has 0 saturated heterocycles. The van der Waals surface area contributed by atoms with Gasteiger partial charge in [0.25, 0.3) is 0 Å². The normalized spacial score (nSPS) is 18.6. The summed E-state index contributed by atoms with van der Waals surface area (Å²) >= 11 is 0. The maximum Gasteiger partial charge on any atom is 0.246 e. The molecule has 0 aliphatic carbocycles. The van der Waals surface area contributed by atoms with E-state index >= 15 is 0 Å². The third-order valence-corrected chi connectivity index (χ3v) is 3.01. The number of nitrogens with one attached hydrogen (secondary N) is 2. The Balaban J connectivity index is 2.19. The molecule has 1 amide bonds. The molecule has 0 fully saturated rings. The van der Waals surface area contributed by atoms with Gasteiger partial charge in [0.05, 0.1) is 11.4 Å². The number of aryl methyl sites for hydroxylation is 1. The molecular weight excluding hydrogens is 200 g/mol. The Hall–Kier alpha value is -1.51. The van der Waals surface area contributed by atoms with Crippen LogP contribution in [0.1, 0.15) is 31.7 Å². The van der Waals surface area contributed by atoms with Gasteiger partial charge in [-0.1, -0.05) is 31.9 Å². The lowest BCUT2D eigenvalue weighted by Crippen LogP contribution is -2.39. The fraction of sp³-hybridized carbons (Fsp3) is 0.462. The van der Waals surface area contributed by atoms with E-state index < -0.39 is 0 Å². The second-order valence-corrected chi connectivity index (χ2v) is 4.33. The second kappa shape index (κ2) is 4.56. The van der Waals surface area contributed by atoms with Gasteiger partial charge in [0.2, 0.25) is 5.91 Å². The molecular formula is C13H18N2O. The first kappa shape index (κ1) is 11.0. The molecule has 1 atom stereocenters. The Labute approximate surface area is 96.2 Å². The number of fused-ring (bicyclic) bond motifs is 1. The van der Waals surface area contributed by atoms with Crippen molar-refractivity contribution in [3.05, 3.63) is 23.8 Å². The number of para-hydroxylation sites is 1. The summed E-state index contributed by atoms with van der Waals surface area (Å²) in [7, 11) is 0. The number of rotatable bonds is 3. The van der Waals surface area contributed by atoms with Crippen LogP contribution in [0.25, 0.3) is 0 Å². The topological polar surface area (TPSA) is 41.1 Å². The minimum atomic E-state index is -0.0748. The zero-order valence-electron chi connectivity index (χ0n) is 9.84. The van der Waals surface area contributed by atoms with Gasteiger partial charge >= 0.3 is 0 Å². The number of hydrogen-bond acceptors (Lipinski definition) is 2. The summed E-state index contributed by atoms with van der Waals surface area (Å²) in [5.74, 6) is 0.0928. The van der Waals surface area contributed by atoms with E-state index in [9.17, 15) is 4.79 Å². The lowest BCUT2D eigenvalue weighted by molar-refractivity contribution is -0.117. The number of hydrogen-bond donors (Lipinski definition) is 2. The number of anilines is 2. The van der Waals surface area contributed by atoms with Crippen LogP contribution in [-0.4, -0.2) is 11.9 Å². The van der Waals surface area contributed by atoms with Gasteiger partial charge in [0.1, 0.15) is 6.04 Å². The molecule has 0 aromatic heterocycles. The van der Waals surface area contributed by atoms with Crippen molar-refractivity contribution in [3.8, 4) is 0 Å². The molecule has 0 radical (unpaired) electrons. The Morgan fingerprint density at radius 3 is 2.94 bits per heavy atom. The SMILES string of the molecule is CCCCC1Nc2cccc(C)c2NC1=O. The largest absolute Gasteiger partial charge is 0.372 e. The summed E-state index contributed by atoms with van der Waals surface area (Å²) in [6, 6.07) is 5.96. The van der Waals surface area contributed by atoms with E-state index in [0.29, 0.717) is 0 Å². The summed E-state index contributed by atoms with van der Waals surface area (Å²) in [5, 5.41) is 6.30. The monoisotopic (exact) mass is 218 g/mol. The van der Waals surface area contributed by atoms with Crippen molar-refractivity contribution in [3.63, 3.8) is 0 Å². The number of unbranched alkanes of at least 4 members (excludes halogenated alkanes) is 1. The third-order valence-electron chi connectivity index (χ3n) is 3.01. The first-order chi connectivity index (χ1) is 7.72. The van der Waals surface area contributed by atoms with E-state index in [4.69, 9.17) is 0 Å². The molecule has 2 N–H and O–H groups in total. The Kier molecular flexibility index (Phi) is 3.13. The first-order valence-electron chi connectivity index (χ1n) is 5.89. The summed E-state index contributed by atoms with van der Waals surface area (Å²) < 4.78 is 0. The van der Waals surface area contributed by atoms with E-state index in [0.717, 1.165) is 36.2 Å². The van der Waals surface area contributed by atoms with Gasteiger partial charge in [-0.05, 0) is 25.0 Å². The van der Waals surface area contributed by atoms with E-state index in [1.807, 2.05) is 25.1 Å². The van der Waals surface area contributed by atoms with Crippen LogP contribution in [0.5, 0.6) is 0 Å². The highest BCUT2D eigenvalue weighted by molar-refractivity contribution is 6.03. The van der Waals surface area contributed by atoms with Gasteiger partial charge < -0.3 is 10.6 Å². The summed E-state index contributed by atoms with van der Waals surface area (Å²) in [6.45, 7) is 4.14. The van der Waals surface area contributed by atoms with E-state index in [1.165, 1.54) is 0 Å². The Morgan fingerprint density at radius 2 is 2.19 bits per heavy atom. The predicted octanol–water partition coefficient (Wildman–Crippen LogP) is 2.92. The van der Waals surface area contributed by atoms with Crippen LogP contribution in [0.4, 0.5) is 11.4 Å². The molecule has 1 aromatic rings. The van der Waals surface area contributed by atoms with Gasteiger partial charge in [-0.15, -0.1) is 0 Å². The summed E-state index contributed by atoms with van der Waals surface area (Å²) in [4.78, 5) is 11.8. The number of amides is 1. The molecule has 86 valence electrons. The quantitative estimate of drug-likeness (QED) is 0.819. The maximum absolute atomic E-state index is 11.8. The average molecular weight is 218 g/mol. The molecule has 1 aliphatic rings. The van der Waals surface area contributed by atoms with Crippen molar-refractivity contribution >= 4 is 17.3 Å². The second-order valence-electron chi connectivity index (χ2n) is 4.33.